The zero-order valence-corrected chi connectivity index (χ0v) is 21.3. The maximum atomic E-state index is 13.1. The molecule has 1 aliphatic rings. The number of aromatic nitrogens is 1. The lowest BCUT2D eigenvalue weighted by Gasteiger charge is -2.34. The molecule has 0 amide bonds. The number of Topliss-reactive ketones (excluding diaryl/α,β-unsaturated/α-hetero) is 1. The van der Waals surface area contributed by atoms with Crippen LogP contribution < -0.4 is 0 Å². The van der Waals surface area contributed by atoms with E-state index in [1.807, 2.05) is 56.5 Å². The van der Waals surface area contributed by atoms with Crippen molar-refractivity contribution in [3.63, 3.8) is 0 Å². The Bertz CT molecular complexity index is 914. The number of ketones is 1. The van der Waals surface area contributed by atoms with Gasteiger partial charge >= 0.3 is 5.97 Å². The van der Waals surface area contributed by atoms with Gasteiger partial charge in [0.05, 0.1) is 34.7 Å². The molecule has 182 valence electrons. The molecule has 2 rings (SSSR count). The van der Waals surface area contributed by atoms with Crippen LogP contribution in [0.5, 0.6) is 0 Å². The fourth-order valence-corrected chi connectivity index (χ4v) is 4.48. The first kappa shape index (κ1) is 27.2. The first-order chi connectivity index (χ1) is 15.4. The second-order valence-electron chi connectivity index (χ2n) is 9.55. The van der Waals surface area contributed by atoms with Crippen LogP contribution in [-0.4, -0.2) is 45.3 Å². The molecule has 1 aliphatic heterocycles. The molecule has 1 aromatic rings. The van der Waals surface area contributed by atoms with Crippen LogP contribution in [-0.2, 0) is 14.3 Å². The number of esters is 1. The standard InChI is InChI=1S/C26H37NO5S/c1-16-11-9-7-8-10-12-21(17(2)13-20-15-33-19(4)27-20)32-23(29)14-22(28)26(5,6)25(31)18(3)24(16)30/h7-10,13,15-16,18,21-22,24,28,30H,11-12,14H2,1-6H3/t16-,18+,21?,22-,24-/m0/s1. The highest BCUT2D eigenvalue weighted by Crippen LogP contribution is 2.32. The third kappa shape index (κ3) is 7.45. The summed E-state index contributed by atoms with van der Waals surface area (Å²) in [6, 6.07) is 0. The molecular weight excluding hydrogens is 438 g/mol. The van der Waals surface area contributed by atoms with Gasteiger partial charge in [0.25, 0.3) is 0 Å². The monoisotopic (exact) mass is 475 g/mol. The lowest BCUT2D eigenvalue weighted by atomic mass is 9.73. The molecule has 5 atom stereocenters. The Balaban J connectivity index is 2.32. The smallest absolute Gasteiger partial charge is 0.309 e. The SMILES string of the molecule is CC(=Cc1csc(C)n1)C1CC=CC=CC[C@H](C)[C@H](O)[C@@H](C)C(=O)C(C)(C)[C@@H](O)CC(=O)O1. The highest BCUT2D eigenvalue weighted by atomic mass is 32.1. The first-order valence-corrected chi connectivity index (χ1v) is 12.3. The van der Waals surface area contributed by atoms with Gasteiger partial charge in [0.1, 0.15) is 11.9 Å². The van der Waals surface area contributed by atoms with E-state index < -0.39 is 35.6 Å². The third-order valence-corrected chi connectivity index (χ3v) is 7.16. The Morgan fingerprint density at radius 1 is 1.18 bits per heavy atom. The quantitative estimate of drug-likeness (QED) is 0.604. The number of aliphatic hydroxyl groups is 2. The van der Waals surface area contributed by atoms with Crippen LogP contribution in [0.15, 0.2) is 35.3 Å². The van der Waals surface area contributed by atoms with Gasteiger partial charge in [-0.25, -0.2) is 4.98 Å². The molecule has 1 aromatic heterocycles. The van der Waals surface area contributed by atoms with E-state index in [-0.39, 0.29) is 18.1 Å². The molecule has 0 fully saturated rings. The summed E-state index contributed by atoms with van der Waals surface area (Å²) in [6.45, 7) is 10.6. The molecule has 0 aliphatic carbocycles. The Kier molecular flexibility index (Phi) is 9.76. The molecule has 0 radical (unpaired) electrons. The molecule has 7 heteroatoms. The van der Waals surface area contributed by atoms with Crippen molar-refractivity contribution in [3.8, 4) is 0 Å². The van der Waals surface area contributed by atoms with Crippen molar-refractivity contribution in [2.75, 3.05) is 0 Å². The van der Waals surface area contributed by atoms with Crippen molar-refractivity contribution in [1.29, 1.82) is 0 Å². The largest absolute Gasteiger partial charge is 0.457 e. The second kappa shape index (κ2) is 11.9. The van der Waals surface area contributed by atoms with Gasteiger partial charge in [0.15, 0.2) is 0 Å². The zero-order chi connectivity index (χ0) is 24.8. The van der Waals surface area contributed by atoms with Crippen molar-refractivity contribution in [3.05, 3.63) is 46.0 Å². The molecule has 0 saturated heterocycles. The van der Waals surface area contributed by atoms with Gasteiger partial charge in [0, 0.05) is 17.7 Å². The Hall–Kier alpha value is -2.09. The number of rotatable bonds is 2. The average molecular weight is 476 g/mol. The summed E-state index contributed by atoms with van der Waals surface area (Å²) in [7, 11) is 0. The normalized spacial score (nSPS) is 30.3. The van der Waals surface area contributed by atoms with Crippen molar-refractivity contribution in [2.45, 2.75) is 79.1 Å². The third-order valence-electron chi connectivity index (χ3n) is 6.37. The summed E-state index contributed by atoms with van der Waals surface area (Å²) in [5.41, 5.74) is 0.457. The molecular formula is C26H37NO5S. The number of carbonyl (C=O) groups is 2. The van der Waals surface area contributed by atoms with Gasteiger partial charge in [-0.3, -0.25) is 9.59 Å². The van der Waals surface area contributed by atoms with Crippen molar-refractivity contribution in [1.82, 2.24) is 4.98 Å². The predicted octanol–water partition coefficient (Wildman–Crippen LogP) is 4.65. The van der Waals surface area contributed by atoms with E-state index in [0.717, 1.165) is 16.3 Å². The van der Waals surface area contributed by atoms with Gasteiger partial charge < -0.3 is 14.9 Å². The van der Waals surface area contributed by atoms with Crippen molar-refractivity contribution in [2.24, 2.45) is 17.3 Å². The molecule has 0 aromatic carbocycles. The number of hydrogen-bond acceptors (Lipinski definition) is 7. The average Bonchev–Trinajstić information content (AvgIpc) is 3.16. The van der Waals surface area contributed by atoms with Gasteiger partial charge in [-0.2, -0.15) is 0 Å². The number of nitrogens with zero attached hydrogens (tertiary/aromatic N) is 1. The number of carbonyl (C=O) groups excluding carboxylic acids is 2. The minimum atomic E-state index is -1.23. The van der Waals surface area contributed by atoms with E-state index >= 15 is 0 Å². The molecule has 0 spiro atoms. The van der Waals surface area contributed by atoms with E-state index in [9.17, 15) is 19.8 Å². The second-order valence-corrected chi connectivity index (χ2v) is 10.6. The summed E-state index contributed by atoms with van der Waals surface area (Å²) in [5.74, 6) is -1.64. The Morgan fingerprint density at radius 2 is 1.82 bits per heavy atom. The van der Waals surface area contributed by atoms with Gasteiger partial charge in [-0.05, 0) is 37.8 Å². The molecule has 0 saturated carbocycles. The lowest BCUT2D eigenvalue weighted by Crippen LogP contribution is -2.45. The molecule has 33 heavy (non-hydrogen) atoms. The number of allylic oxidation sites excluding steroid dienone is 3. The van der Waals surface area contributed by atoms with E-state index in [1.165, 1.54) is 0 Å². The fourth-order valence-electron chi connectivity index (χ4n) is 3.91. The highest BCUT2D eigenvalue weighted by molar-refractivity contribution is 7.09. The molecule has 0 bridgehead atoms. The van der Waals surface area contributed by atoms with Crippen molar-refractivity contribution < 1.29 is 24.5 Å². The van der Waals surface area contributed by atoms with Crippen LogP contribution in [0.2, 0.25) is 0 Å². The highest BCUT2D eigenvalue weighted by Gasteiger charge is 2.42. The van der Waals surface area contributed by atoms with Crippen LogP contribution in [0.25, 0.3) is 6.08 Å². The minimum absolute atomic E-state index is 0.126. The molecule has 2 heterocycles. The summed E-state index contributed by atoms with van der Waals surface area (Å²) in [4.78, 5) is 30.3. The van der Waals surface area contributed by atoms with Crippen LogP contribution in [0.1, 0.15) is 64.6 Å². The zero-order valence-electron chi connectivity index (χ0n) is 20.4. The fraction of sp³-hybridized carbons (Fsp3) is 0.577. The number of aryl methyl sites for hydroxylation is 1. The summed E-state index contributed by atoms with van der Waals surface area (Å²) in [6.07, 6.45) is 7.77. The van der Waals surface area contributed by atoms with Crippen molar-refractivity contribution >= 4 is 29.2 Å². The summed E-state index contributed by atoms with van der Waals surface area (Å²) in [5, 5.41) is 24.3. The van der Waals surface area contributed by atoms with E-state index in [1.54, 1.807) is 32.1 Å². The molecule has 2 N–H and O–H groups in total. The Morgan fingerprint density at radius 3 is 2.42 bits per heavy atom. The predicted molar refractivity (Wildman–Crippen MR) is 132 cm³/mol. The summed E-state index contributed by atoms with van der Waals surface area (Å²) >= 11 is 1.55. The van der Waals surface area contributed by atoms with Crippen LogP contribution >= 0.6 is 11.3 Å². The minimum Gasteiger partial charge on any atom is -0.457 e. The van der Waals surface area contributed by atoms with Crippen LogP contribution in [0.4, 0.5) is 0 Å². The van der Waals surface area contributed by atoms with E-state index in [2.05, 4.69) is 4.98 Å². The molecule has 1 unspecified atom stereocenters. The van der Waals surface area contributed by atoms with E-state index in [0.29, 0.717) is 12.8 Å². The maximum absolute atomic E-state index is 13.1. The van der Waals surface area contributed by atoms with Gasteiger partial charge in [0.2, 0.25) is 0 Å². The van der Waals surface area contributed by atoms with Crippen LogP contribution in [0.3, 0.4) is 0 Å². The number of cyclic esters (lactones) is 1. The van der Waals surface area contributed by atoms with Gasteiger partial charge in [-0.1, -0.05) is 52.0 Å². The van der Waals surface area contributed by atoms with Crippen LogP contribution in [0, 0.1) is 24.2 Å². The molecule has 6 nitrogen and oxygen atoms in total. The Labute approximate surface area is 201 Å². The maximum Gasteiger partial charge on any atom is 0.309 e. The summed E-state index contributed by atoms with van der Waals surface area (Å²) < 4.78 is 5.73. The van der Waals surface area contributed by atoms with Gasteiger partial charge in [-0.15, -0.1) is 11.3 Å². The van der Waals surface area contributed by atoms with E-state index in [4.69, 9.17) is 4.74 Å². The number of thiazole rings is 1. The first-order valence-electron chi connectivity index (χ1n) is 11.4. The number of hydrogen-bond donors (Lipinski definition) is 2. The number of aliphatic hydroxyl groups excluding tert-OH is 2. The lowest BCUT2D eigenvalue weighted by molar-refractivity contribution is -0.154. The number of ether oxygens (including phenoxy) is 1. The topological polar surface area (TPSA) is 96.7 Å².